The highest BCUT2D eigenvalue weighted by atomic mass is 16.6. The van der Waals surface area contributed by atoms with Crippen molar-refractivity contribution in [2.45, 2.75) is 46.0 Å². The van der Waals surface area contributed by atoms with Crippen molar-refractivity contribution in [1.29, 1.82) is 0 Å². The van der Waals surface area contributed by atoms with Crippen LogP contribution in [0.2, 0.25) is 0 Å². The molecule has 1 heterocycles. The minimum absolute atomic E-state index is 0.0663. The van der Waals surface area contributed by atoms with Gasteiger partial charge in [0.1, 0.15) is 5.58 Å². The molecular formula is C17H22O3. The fourth-order valence-corrected chi connectivity index (χ4v) is 2.55. The zero-order valence-electron chi connectivity index (χ0n) is 12.5. The van der Waals surface area contributed by atoms with Crippen molar-refractivity contribution in [3.05, 3.63) is 39.5 Å². The largest absolute Gasteiger partial charge is 0.468 e. The van der Waals surface area contributed by atoms with E-state index in [4.69, 9.17) is 9.15 Å². The predicted molar refractivity (Wildman–Crippen MR) is 81.6 cm³/mol. The van der Waals surface area contributed by atoms with Crippen LogP contribution in [0.1, 0.15) is 44.2 Å². The molecule has 108 valence electrons. The lowest BCUT2D eigenvalue weighted by atomic mass is 10.0. The lowest BCUT2D eigenvalue weighted by molar-refractivity contribution is 0.303. The first-order valence-electron chi connectivity index (χ1n) is 7.34. The lowest BCUT2D eigenvalue weighted by Crippen LogP contribution is -2.13. The summed E-state index contributed by atoms with van der Waals surface area (Å²) in [7, 11) is 1.55. The molecule has 0 aliphatic rings. The van der Waals surface area contributed by atoms with Crippen LogP contribution in [0.3, 0.4) is 0 Å². The molecule has 1 aromatic heterocycles. The average Bonchev–Trinajstić information content (AvgIpc) is 2.48. The molecule has 0 aliphatic heterocycles. The van der Waals surface area contributed by atoms with E-state index in [1.54, 1.807) is 7.11 Å². The van der Waals surface area contributed by atoms with Gasteiger partial charge in [0, 0.05) is 0 Å². The molecule has 0 saturated heterocycles. The second-order valence-electron chi connectivity index (χ2n) is 5.00. The van der Waals surface area contributed by atoms with Gasteiger partial charge in [-0.2, -0.15) is 0 Å². The number of methoxy groups -OCH3 is 1. The van der Waals surface area contributed by atoms with Crippen LogP contribution in [0.15, 0.2) is 27.4 Å². The van der Waals surface area contributed by atoms with E-state index in [9.17, 15) is 4.79 Å². The highest BCUT2D eigenvalue weighted by Crippen LogP contribution is 2.25. The first kappa shape index (κ1) is 14.6. The lowest BCUT2D eigenvalue weighted by Gasteiger charge is -2.10. The molecule has 2 aromatic rings. The summed E-state index contributed by atoms with van der Waals surface area (Å²) in [5, 5.41) is 0.710. The fourth-order valence-electron chi connectivity index (χ4n) is 2.55. The first-order chi connectivity index (χ1) is 9.72. The van der Waals surface area contributed by atoms with E-state index in [0.717, 1.165) is 31.2 Å². The highest BCUT2D eigenvalue weighted by molar-refractivity contribution is 5.81. The van der Waals surface area contributed by atoms with E-state index in [1.165, 1.54) is 0 Å². The average molecular weight is 274 g/mol. The van der Waals surface area contributed by atoms with E-state index >= 15 is 0 Å². The van der Waals surface area contributed by atoms with Crippen molar-refractivity contribution < 1.29 is 9.15 Å². The number of hydrogen-bond donors (Lipinski definition) is 0. The molecule has 1 aromatic carbocycles. The molecule has 0 aliphatic carbocycles. The summed E-state index contributed by atoms with van der Waals surface area (Å²) >= 11 is 0. The quantitative estimate of drug-likeness (QED) is 0.745. The van der Waals surface area contributed by atoms with Gasteiger partial charge in [-0.15, -0.1) is 0 Å². The van der Waals surface area contributed by atoms with Gasteiger partial charge in [0.2, 0.25) is 0 Å². The van der Waals surface area contributed by atoms with Crippen LogP contribution in [0.4, 0.5) is 0 Å². The van der Waals surface area contributed by atoms with Crippen LogP contribution in [-0.2, 0) is 12.8 Å². The topological polar surface area (TPSA) is 39.4 Å². The van der Waals surface area contributed by atoms with Gasteiger partial charge in [0.05, 0.1) is 18.1 Å². The normalized spacial score (nSPS) is 10.9. The molecule has 0 amide bonds. The summed E-state index contributed by atoms with van der Waals surface area (Å²) < 4.78 is 11.0. The maximum atomic E-state index is 12.7. The monoisotopic (exact) mass is 274 g/mol. The summed E-state index contributed by atoms with van der Waals surface area (Å²) in [4.78, 5) is 12.7. The number of rotatable bonds is 6. The van der Waals surface area contributed by atoms with Gasteiger partial charge in [0.25, 0.3) is 5.95 Å². The van der Waals surface area contributed by atoms with Gasteiger partial charge in [0.15, 0.2) is 5.43 Å². The van der Waals surface area contributed by atoms with Gasteiger partial charge in [-0.05, 0) is 30.9 Å². The van der Waals surface area contributed by atoms with Gasteiger partial charge in [-0.3, -0.25) is 4.79 Å². The minimum Gasteiger partial charge on any atom is -0.468 e. The summed E-state index contributed by atoms with van der Waals surface area (Å²) in [5.74, 6) is 0.367. The van der Waals surface area contributed by atoms with Crippen molar-refractivity contribution in [3.8, 4) is 5.95 Å². The summed E-state index contributed by atoms with van der Waals surface area (Å²) in [6, 6.07) is 5.73. The van der Waals surface area contributed by atoms with E-state index in [1.807, 2.05) is 18.2 Å². The third-order valence-corrected chi connectivity index (χ3v) is 3.66. The van der Waals surface area contributed by atoms with Crippen molar-refractivity contribution in [3.63, 3.8) is 0 Å². The van der Waals surface area contributed by atoms with Gasteiger partial charge < -0.3 is 9.15 Å². The SMILES string of the molecule is CCCCCc1c(OC)oc2cccc(CC)c2c1=O. The molecule has 20 heavy (non-hydrogen) atoms. The Morgan fingerprint density at radius 3 is 2.65 bits per heavy atom. The Morgan fingerprint density at radius 2 is 2.00 bits per heavy atom. The molecule has 0 spiro atoms. The van der Waals surface area contributed by atoms with Crippen LogP contribution in [0, 0.1) is 0 Å². The molecular weight excluding hydrogens is 252 g/mol. The summed E-state index contributed by atoms with van der Waals surface area (Å²) in [5.41, 5.74) is 2.40. The third kappa shape index (κ3) is 2.72. The van der Waals surface area contributed by atoms with Gasteiger partial charge in [-0.1, -0.05) is 38.8 Å². The molecule has 0 bridgehead atoms. The molecule has 3 nitrogen and oxygen atoms in total. The van der Waals surface area contributed by atoms with Gasteiger partial charge >= 0.3 is 0 Å². The Morgan fingerprint density at radius 1 is 1.20 bits per heavy atom. The van der Waals surface area contributed by atoms with Crippen molar-refractivity contribution in [2.75, 3.05) is 7.11 Å². The second kappa shape index (κ2) is 6.60. The Kier molecular flexibility index (Phi) is 4.83. The van der Waals surface area contributed by atoms with Crippen LogP contribution >= 0.6 is 0 Å². The summed E-state index contributed by atoms with van der Waals surface area (Å²) in [6.07, 6.45) is 4.76. The number of ether oxygens (including phenoxy) is 1. The Hall–Kier alpha value is -1.77. The van der Waals surface area contributed by atoms with E-state index in [-0.39, 0.29) is 5.43 Å². The van der Waals surface area contributed by atoms with Crippen LogP contribution in [0.5, 0.6) is 5.95 Å². The second-order valence-corrected chi connectivity index (χ2v) is 5.00. The van der Waals surface area contributed by atoms with Gasteiger partial charge in [-0.25, -0.2) is 0 Å². The maximum Gasteiger partial charge on any atom is 0.291 e. The predicted octanol–water partition coefficient (Wildman–Crippen LogP) is 4.10. The number of unbranched alkanes of at least 4 members (excludes halogenated alkanes) is 2. The highest BCUT2D eigenvalue weighted by Gasteiger charge is 2.16. The van der Waals surface area contributed by atoms with Crippen LogP contribution in [-0.4, -0.2) is 7.11 Å². The number of aryl methyl sites for hydroxylation is 1. The summed E-state index contributed by atoms with van der Waals surface area (Å²) in [6.45, 7) is 4.20. The Labute approximate surface area is 119 Å². The van der Waals surface area contributed by atoms with E-state index in [2.05, 4.69) is 13.8 Å². The van der Waals surface area contributed by atoms with E-state index < -0.39 is 0 Å². The number of benzene rings is 1. The standard InChI is InChI=1S/C17H22O3/c1-4-6-7-10-13-16(18)15-12(5-2)9-8-11-14(15)20-17(13)19-3/h8-9,11H,4-7,10H2,1-3H3. The molecule has 0 radical (unpaired) electrons. The zero-order chi connectivity index (χ0) is 14.5. The maximum absolute atomic E-state index is 12.7. The number of fused-ring (bicyclic) bond motifs is 1. The molecule has 0 unspecified atom stereocenters. The van der Waals surface area contributed by atoms with Crippen molar-refractivity contribution in [2.24, 2.45) is 0 Å². The minimum atomic E-state index is 0.0663. The zero-order valence-corrected chi connectivity index (χ0v) is 12.5. The van der Waals surface area contributed by atoms with Crippen molar-refractivity contribution >= 4 is 11.0 Å². The molecule has 2 rings (SSSR count). The smallest absolute Gasteiger partial charge is 0.291 e. The van der Waals surface area contributed by atoms with Crippen LogP contribution < -0.4 is 10.2 Å². The molecule has 0 atom stereocenters. The fraction of sp³-hybridized carbons (Fsp3) is 0.471. The molecule has 0 N–H and O–H groups in total. The molecule has 0 fully saturated rings. The third-order valence-electron chi connectivity index (χ3n) is 3.66. The van der Waals surface area contributed by atoms with E-state index in [0.29, 0.717) is 28.9 Å². The van der Waals surface area contributed by atoms with Crippen molar-refractivity contribution in [1.82, 2.24) is 0 Å². The Bertz CT molecular complexity index is 640. The van der Waals surface area contributed by atoms with Crippen LogP contribution in [0.25, 0.3) is 11.0 Å². The number of hydrogen-bond acceptors (Lipinski definition) is 3. The molecule has 0 saturated carbocycles. The molecule has 3 heteroatoms. The Balaban J connectivity index is 2.60. The first-order valence-corrected chi connectivity index (χ1v) is 7.34.